The highest BCUT2D eigenvalue weighted by molar-refractivity contribution is 6.36. The molecule has 0 unspecified atom stereocenters. The Labute approximate surface area is 175 Å². The molecule has 0 saturated carbocycles. The Morgan fingerprint density at radius 3 is 2.79 bits per heavy atom. The van der Waals surface area contributed by atoms with Crippen LogP contribution in [0, 0.1) is 6.92 Å². The van der Waals surface area contributed by atoms with Gasteiger partial charge in [0.05, 0.1) is 18.3 Å². The summed E-state index contributed by atoms with van der Waals surface area (Å²) in [5, 5.41) is 5.38. The zero-order chi connectivity index (χ0) is 21.0. The van der Waals surface area contributed by atoms with Crippen LogP contribution >= 0.6 is 23.2 Å². The summed E-state index contributed by atoms with van der Waals surface area (Å²) >= 11 is 12.0. The van der Waals surface area contributed by atoms with Crippen LogP contribution in [0.4, 0.5) is 0 Å². The van der Waals surface area contributed by atoms with Gasteiger partial charge in [-0.1, -0.05) is 23.2 Å². The number of carbonyl (C=O) groups is 1. The van der Waals surface area contributed by atoms with Crippen LogP contribution < -0.4 is 20.5 Å². The molecule has 3 rings (SSSR count). The molecule has 0 atom stereocenters. The molecule has 1 amide bonds. The standard InChI is InChI=1S/C20H16Cl2N2O5/c1-11-5-19(26)29-17-8-14(3-4-15(11)17)28-10-18(25)24-23-9-12-6-13(21)7-16(22)20(12)27-2/h3-9H,10H2,1-2H3,(H,24,25). The number of rotatable bonds is 6. The first-order chi connectivity index (χ1) is 13.9. The molecule has 0 bridgehead atoms. The summed E-state index contributed by atoms with van der Waals surface area (Å²) in [6.45, 7) is 1.53. The summed E-state index contributed by atoms with van der Waals surface area (Å²) in [6.07, 6.45) is 1.36. The summed E-state index contributed by atoms with van der Waals surface area (Å²) in [4.78, 5) is 23.5. The Morgan fingerprint density at radius 1 is 1.24 bits per heavy atom. The van der Waals surface area contributed by atoms with Crippen LogP contribution in [0.15, 0.2) is 50.7 Å². The summed E-state index contributed by atoms with van der Waals surface area (Å²) < 4.78 is 15.8. The number of ether oxygens (including phenoxy) is 2. The summed E-state index contributed by atoms with van der Waals surface area (Å²) in [7, 11) is 1.46. The Balaban J connectivity index is 1.63. The van der Waals surface area contributed by atoms with E-state index in [1.54, 1.807) is 30.3 Å². The first-order valence-corrected chi connectivity index (χ1v) is 9.15. The van der Waals surface area contributed by atoms with Crippen LogP contribution in [-0.4, -0.2) is 25.8 Å². The topological polar surface area (TPSA) is 90.1 Å². The molecule has 0 aliphatic heterocycles. The molecule has 150 valence electrons. The fraction of sp³-hybridized carbons (Fsp3) is 0.150. The van der Waals surface area contributed by atoms with E-state index >= 15 is 0 Å². The smallest absolute Gasteiger partial charge is 0.336 e. The number of methoxy groups -OCH3 is 1. The minimum atomic E-state index is -0.487. The fourth-order valence-electron chi connectivity index (χ4n) is 2.64. The maximum absolute atomic E-state index is 12.0. The van der Waals surface area contributed by atoms with Crippen LogP contribution in [-0.2, 0) is 4.79 Å². The number of halogens is 2. The number of benzene rings is 2. The van der Waals surface area contributed by atoms with E-state index in [1.807, 2.05) is 6.92 Å². The molecule has 9 heteroatoms. The lowest BCUT2D eigenvalue weighted by Crippen LogP contribution is -2.24. The molecule has 29 heavy (non-hydrogen) atoms. The molecule has 0 fully saturated rings. The van der Waals surface area contributed by atoms with Crippen LogP contribution in [0.5, 0.6) is 11.5 Å². The second-order valence-electron chi connectivity index (χ2n) is 6.00. The number of hydrogen-bond acceptors (Lipinski definition) is 6. The quantitative estimate of drug-likeness (QED) is 0.360. The molecule has 0 aliphatic carbocycles. The first kappa shape index (κ1) is 20.7. The molecule has 1 aromatic heterocycles. The van der Waals surface area contributed by atoms with Crippen molar-refractivity contribution in [1.29, 1.82) is 0 Å². The number of nitrogens with zero attached hydrogens (tertiary/aromatic N) is 1. The predicted molar refractivity (Wildman–Crippen MR) is 111 cm³/mol. The minimum absolute atomic E-state index is 0.285. The minimum Gasteiger partial charge on any atom is -0.495 e. The maximum atomic E-state index is 12.0. The Hall–Kier alpha value is -3.03. The number of carbonyl (C=O) groups excluding carboxylic acids is 1. The van der Waals surface area contributed by atoms with Gasteiger partial charge in [0.25, 0.3) is 5.91 Å². The lowest BCUT2D eigenvalue weighted by atomic mass is 10.1. The van der Waals surface area contributed by atoms with Crippen molar-refractivity contribution in [3.8, 4) is 11.5 Å². The average Bonchev–Trinajstić information content (AvgIpc) is 2.65. The van der Waals surface area contributed by atoms with Crippen molar-refractivity contribution < 1.29 is 18.7 Å². The monoisotopic (exact) mass is 434 g/mol. The predicted octanol–water partition coefficient (Wildman–Crippen LogP) is 3.95. The normalized spacial score (nSPS) is 11.0. The highest BCUT2D eigenvalue weighted by atomic mass is 35.5. The summed E-state index contributed by atoms with van der Waals surface area (Å²) in [5.41, 5.74) is 3.58. The third-order valence-electron chi connectivity index (χ3n) is 3.93. The zero-order valence-electron chi connectivity index (χ0n) is 15.5. The van der Waals surface area contributed by atoms with Gasteiger partial charge in [-0.2, -0.15) is 5.10 Å². The van der Waals surface area contributed by atoms with Gasteiger partial charge < -0.3 is 13.9 Å². The molecule has 2 aromatic carbocycles. The van der Waals surface area contributed by atoms with E-state index < -0.39 is 11.5 Å². The van der Waals surface area contributed by atoms with Crippen LogP contribution in [0.25, 0.3) is 11.0 Å². The van der Waals surface area contributed by atoms with E-state index in [1.165, 1.54) is 19.4 Å². The summed E-state index contributed by atoms with van der Waals surface area (Å²) in [5.74, 6) is 0.283. The zero-order valence-corrected chi connectivity index (χ0v) is 17.0. The highest BCUT2D eigenvalue weighted by Crippen LogP contribution is 2.31. The van der Waals surface area contributed by atoms with E-state index in [0.29, 0.717) is 32.7 Å². The molecule has 0 saturated heterocycles. The molecular formula is C20H16Cl2N2O5. The van der Waals surface area contributed by atoms with E-state index in [9.17, 15) is 9.59 Å². The Bertz CT molecular complexity index is 1160. The van der Waals surface area contributed by atoms with E-state index in [4.69, 9.17) is 37.1 Å². The highest BCUT2D eigenvalue weighted by Gasteiger charge is 2.09. The van der Waals surface area contributed by atoms with Gasteiger partial charge in [-0.3, -0.25) is 4.79 Å². The largest absolute Gasteiger partial charge is 0.495 e. The Morgan fingerprint density at radius 2 is 2.03 bits per heavy atom. The molecule has 0 radical (unpaired) electrons. The molecule has 0 aliphatic rings. The Kier molecular flexibility index (Phi) is 6.41. The van der Waals surface area contributed by atoms with Crippen LogP contribution in [0.1, 0.15) is 11.1 Å². The maximum Gasteiger partial charge on any atom is 0.336 e. The number of amides is 1. The van der Waals surface area contributed by atoms with Crippen LogP contribution in [0.2, 0.25) is 10.0 Å². The van der Waals surface area contributed by atoms with Gasteiger partial charge in [0, 0.05) is 28.1 Å². The van der Waals surface area contributed by atoms with Crippen molar-refractivity contribution in [1.82, 2.24) is 5.43 Å². The lowest BCUT2D eigenvalue weighted by molar-refractivity contribution is -0.123. The van der Waals surface area contributed by atoms with Gasteiger partial charge in [-0.05, 0) is 36.8 Å². The molecule has 0 spiro atoms. The van der Waals surface area contributed by atoms with Gasteiger partial charge in [-0.15, -0.1) is 0 Å². The van der Waals surface area contributed by atoms with Crippen molar-refractivity contribution in [2.24, 2.45) is 5.10 Å². The summed E-state index contributed by atoms with van der Waals surface area (Å²) in [6, 6.07) is 9.55. The van der Waals surface area contributed by atoms with Gasteiger partial charge in [0.1, 0.15) is 17.1 Å². The number of aryl methyl sites for hydroxylation is 1. The molecule has 1 heterocycles. The number of hydrazone groups is 1. The van der Waals surface area contributed by atoms with Gasteiger partial charge >= 0.3 is 5.63 Å². The number of hydrogen-bond donors (Lipinski definition) is 1. The molecular weight excluding hydrogens is 419 g/mol. The van der Waals surface area contributed by atoms with Crippen molar-refractivity contribution in [3.63, 3.8) is 0 Å². The lowest BCUT2D eigenvalue weighted by Gasteiger charge is -2.08. The molecule has 3 aromatic rings. The van der Waals surface area contributed by atoms with E-state index in [-0.39, 0.29) is 6.61 Å². The van der Waals surface area contributed by atoms with E-state index in [0.717, 1.165) is 10.9 Å². The van der Waals surface area contributed by atoms with Crippen molar-refractivity contribution in [3.05, 3.63) is 68.0 Å². The van der Waals surface area contributed by atoms with E-state index in [2.05, 4.69) is 10.5 Å². The third kappa shape index (κ3) is 5.07. The van der Waals surface area contributed by atoms with Gasteiger partial charge in [0.15, 0.2) is 6.61 Å². The SMILES string of the molecule is COc1c(Cl)cc(Cl)cc1C=NNC(=O)COc1ccc2c(C)cc(=O)oc2c1. The molecule has 7 nitrogen and oxygen atoms in total. The van der Waals surface area contributed by atoms with Gasteiger partial charge in [-0.25, -0.2) is 10.2 Å². The fourth-order valence-corrected chi connectivity index (χ4v) is 3.23. The first-order valence-electron chi connectivity index (χ1n) is 8.39. The van der Waals surface area contributed by atoms with Crippen molar-refractivity contribution >= 4 is 46.3 Å². The third-order valence-corrected chi connectivity index (χ3v) is 4.43. The van der Waals surface area contributed by atoms with Crippen LogP contribution in [0.3, 0.4) is 0 Å². The molecule has 1 N–H and O–H groups in total. The number of fused-ring (bicyclic) bond motifs is 1. The van der Waals surface area contributed by atoms with Crippen molar-refractivity contribution in [2.75, 3.05) is 13.7 Å². The number of nitrogens with one attached hydrogen (secondary N) is 1. The average molecular weight is 435 g/mol. The second-order valence-corrected chi connectivity index (χ2v) is 6.84. The van der Waals surface area contributed by atoms with Gasteiger partial charge in [0.2, 0.25) is 0 Å². The van der Waals surface area contributed by atoms with Crippen molar-refractivity contribution in [2.45, 2.75) is 6.92 Å². The second kappa shape index (κ2) is 8.98.